The lowest BCUT2D eigenvalue weighted by atomic mass is 10.1. The van der Waals surface area contributed by atoms with Gasteiger partial charge in [-0.25, -0.2) is 9.98 Å². The number of primary amides is 1. The van der Waals surface area contributed by atoms with E-state index in [1.807, 2.05) is 90.8 Å². The van der Waals surface area contributed by atoms with E-state index < -0.39 is 0 Å². The lowest BCUT2D eigenvalue weighted by Crippen LogP contribution is -2.17. The van der Waals surface area contributed by atoms with Crippen LogP contribution >= 0.6 is 0 Å². The van der Waals surface area contributed by atoms with Gasteiger partial charge in [0.05, 0.1) is 0 Å². The molecule has 9 heteroatoms. The van der Waals surface area contributed by atoms with Gasteiger partial charge in [0, 0.05) is 36.8 Å². The standard InChI is InChI=1S/C20H25N5O.C5H9NO.C2H6.CH2O/c1-4-5-6-15(3)17-13-23-20(24-16-9-7-14(2)8-10-16)25-19(17)22-12-11-18(21)26;1-3-4-5(7)6-2;2*1-2/h4-10,13H,11-12H2,1-3H3,(H2,21,26)(H2,22,23,24,25);2-4H2,1H3;1-2H3;1H2/b5-4-,15-6+;;;. The highest BCUT2D eigenvalue weighted by Gasteiger charge is 2.09. The molecule has 0 fully saturated rings. The lowest BCUT2D eigenvalue weighted by molar-refractivity contribution is -0.118. The number of hydrogen-bond donors (Lipinski definition) is 3. The third kappa shape index (κ3) is 16.2. The van der Waals surface area contributed by atoms with Crippen molar-refractivity contribution in [3.8, 4) is 0 Å². The Morgan fingerprint density at radius 3 is 2.24 bits per heavy atom. The van der Waals surface area contributed by atoms with Crippen molar-refractivity contribution in [1.82, 2.24) is 9.97 Å². The van der Waals surface area contributed by atoms with Crippen molar-refractivity contribution in [2.75, 3.05) is 17.2 Å². The molecule has 37 heavy (non-hydrogen) atoms. The number of nitrogens with one attached hydrogen (secondary N) is 2. The molecule has 202 valence electrons. The molecule has 0 aliphatic rings. The van der Waals surface area contributed by atoms with Gasteiger partial charge in [0.15, 0.2) is 0 Å². The molecule has 0 aliphatic heterocycles. The van der Waals surface area contributed by atoms with Crippen molar-refractivity contribution >= 4 is 48.3 Å². The largest absolute Gasteiger partial charge is 0.370 e. The molecule has 2 rings (SSSR count). The van der Waals surface area contributed by atoms with Gasteiger partial charge >= 0.3 is 0 Å². The Morgan fingerprint density at radius 2 is 1.76 bits per heavy atom. The van der Waals surface area contributed by atoms with Crippen LogP contribution in [0.25, 0.3) is 5.57 Å². The summed E-state index contributed by atoms with van der Waals surface area (Å²) in [5.74, 6) is 0.682. The molecular weight excluding hydrogens is 468 g/mol. The Kier molecular flexibility index (Phi) is 21.1. The highest BCUT2D eigenvalue weighted by Crippen LogP contribution is 2.24. The molecule has 0 radical (unpaired) electrons. The molecule has 0 unspecified atom stereocenters. The van der Waals surface area contributed by atoms with E-state index in [1.165, 1.54) is 5.56 Å². The van der Waals surface area contributed by atoms with Crippen LogP contribution in [0.15, 0.2) is 53.7 Å². The number of aromatic nitrogens is 2. The summed E-state index contributed by atoms with van der Waals surface area (Å²) in [7, 11) is 0. The highest BCUT2D eigenvalue weighted by atomic mass is 16.1. The summed E-state index contributed by atoms with van der Waals surface area (Å²) in [5.41, 5.74) is 9.21. The minimum absolute atomic E-state index is 0.109. The quantitative estimate of drug-likeness (QED) is 0.277. The zero-order valence-electron chi connectivity index (χ0n) is 23.0. The van der Waals surface area contributed by atoms with E-state index in [1.54, 1.807) is 6.20 Å². The Bertz CT molecular complexity index is 1000. The minimum atomic E-state index is -0.354. The van der Waals surface area contributed by atoms with Gasteiger partial charge in [-0.05, 0) is 51.6 Å². The number of hydrogen-bond acceptors (Lipinski definition) is 7. The fourth-order valence-electron chi connectivity index (χ4n) is 2.56. The van der Waals surface area contributed by atoms with Crippen LogP contribution < -0.4 is 16.4 Å². The molecular formula is C28H42N6O3. The van der Waals surface area contributed by atoms with Gasteiger partial charge in [-0.1, -0.05) is 56.7 Å². The minimum Gasteiger partial charge on any atom is -0.370 e. The number of amides is 2. The fourth-order valence-corrected chi connectivity index (χ4v) is 2.56. The van der Waals surface area contributed by atoms with Crippen LogP contribution in [0.3, 0.4) is 0 Å². The second kappa shape index (κ2) is 22.3. The molecule has 0 saturated carbocycles. The summed E-state index contributed by atoms with van der Waals surface area (Å²) in [6.45, 7) is 17.4. The second-order valence-corrected chi connectivity index (χ2v) is 7.27. The molecule has 0 bridgehead atoms. The molecule has 1 heterocycles. The van der Waals surface area contributed by atoms with Crippen molar-refractivity contribution in [3.05, 3.63) is 59.8 Å². The molecule has 9 nitrogen and oxygen atoms in total. The van der Waals surface area contributed by atoms with Crippen LogP contribution in [0.2, 0.25) is 0 Å². The van der Waals surface area contributed by atoms with Crippen molar-refractivity contribution in [1.29, 1.82) is 0 Å². The smallest absolute Gasteiger partial charge is 0.245 e. The van der Waals surface area contributed by atoms with Gasteiger partial charge < -0.3 is 21.2 Å². The number of carbonyl (C=O) groups is 3. The molecule has 4 N–H and O–H groups in total. The van der Waals surface area contributed by atoms with Gasteiger partial charge in [-0.2, -0.15) is 4.98 Å². The van der Waals surface area contributed by atoms with E-state index in [2.05, 4.69) is 32.3 Å². The zero-order valence-corrected chi connectivity index (χ0v) is 23.0. The van der Waals surface area contributed by atoms with E-state index >= 15 is 0 Å². The zero-order chi connectivity index (χ0) is 28.6. The number of allylic oxidation sites excluding steroid dienone is 4. The number of nitrogens with two attached hydrogens (primary N) is 1. The van der Waals surface area contributed by atoms with Gasteiger partial charge in [-0.15, -0.1) is 0 Å². The number of aryl methyl sites for hydroxylation is 1. The Hall–Kier alpha value is -4.14. The van der Waals surface area contributed by atoms with Crippen molar-refractivity contribution < 1.29 is 14.4 Å². The molecule has 0 atom stereocenters. The first-order valence-corrected chi connectivity index (χ1v) is 12.1. The average Bonchev–Trinajstić information content (AvgIpc) is 2.91. The van der Waals surface area contributed by atoms with Crippen LogP contribution in [0, 0.1) is 6.92 Å². The lowest BCUT2D eigenvalue weighted by Gasteiger charge is -2.13. The van der Waals surface area contributed by atoms with E-state index in [9.17, 15) is 9.59 Å². The van der Waals surface area contributed by atoms with Crippen LogP contribution in [0.4, 0.5) is 17.5 Å². The molecule has 2 aromatic rings. The predicted octanol–water partition coefficient (Wildman–Crippen LogP) is 5.65. The van der Waals surface area contributed by atoms with Crippen LogP contribution in [-0.2, 0) is 14.4 Å². The van der Waals surface area contributed by atoms with Crippen molar-refractivity contribution in [2.24, 2.45) is 10.7 Å². The molecule has 0 aliphatic carbocycles. The average molecular weight is 511 g/mol. The van der Waals surface area contributed by atoms with Gasteiger partial charge in [0.1, 0.15) is 12.6 Å². The van der Waals surface area contributed by atoms with E-state index in [0.29, 0.717) is 24.7 Å². The van der Waals surface area contributed by atoms with E-state index in [4.69, 9.17) is 10.5 Å². The summed E-state index contributed by atoms with van der Waals surface area (Å²) < 4.78 is 0. The summed E-state index contributed by atoms with van der Waals surface area (Å²) in [6, 6.07) is 7.99. The van der Waals surface area contributed by atoms with Crippen LogP contribution in [0.1, 0.15) is 65.0 Å². The van der Waals surface area contributed by atoms with E-state index in [0.717, 1.165) is 23.2 Å². The van der Waals surface area contributed by atoms with Gasteiger partial charge in [0.2, 0.25) is 17.8 Å². The number of aliphatic imine (C=N–C) groups is 1. The first-order chi connectivity index (χ1) is 17.8. The fraction of sp³-hybridized carbons (Fsp3) is 0.357. The topological polar surface area (TPSA) is 139 Å². The summed E-state index contributed by atoms with van der Waals surface area (Å²) in [4.78, 5) is 41.4. The SMILES string of the molecule is C/C=C\C=C(/C)c1cnc(Nc2ccc(C)cc2)nc1NCCC(N)=O.C=NC(=O)CCC.C=O.CC. The third-order valence-corrected chi connectivity index (χ3v) is 4.36. The van der Waals surface area contributed by atoms with Gasteiger partial charge in [0.25, 0.3) is 0 Å². The maximum Gasteiger partial charge on any atom is 0.245 e. The Morgan fingerprint density at radius 1 is 1.14 bits per heavy atom. The third-order valence-electron chi connectivity index (χ3n) is 4.36. The number of rotatable bonds is 10. The maximum absolute atomic E-state index is 11.0. The molecule has 0 saturated heterocycles. The number of nitrogens with zero attached hydrogens (tertiary/aromatic N) is 3. The van der Waals surface area contributed by atoms with E-state index in [-0.39, 0.29) is 18.2 Å². The Labute approximate surface area is 221 Å². The molecule has 2 amide bonds. The predicted molar refractivity (Wildman–Crippen MR) is 155 cm³/mol. The Balaban J connectivity index is 0. The normalized spacial score (nSPS) is 9.95. The number of anilines is 3. The highest BCUT2D eigenvalue weighted by molar-refractivity contribution is 5.80. The van der Waals surface area contributed by atoms with Crippen molar-refractivity contribution in [2.45, 2.75) is 60.8 Å². The van der Waals surface area contributed by atoms with Crippen LogP contribution in [-0.4, -0.2) is 41.8 Å². The first-order valence-electron chi connectivity index (χ1n) is 12.1. The summed E-state index contributed by atoms with van der Waals surface area (Å²) in [6.07, 6.45) is 9.30. The first kappa shape index (κ1) is 35.0. The number of carbonyl (C=O) groups excluding carboxylic acids is 3. The summed E-state index contributed by atoms with van der Waals surface area (Å²) in [5, 5.41) is 6.37. The van der Waals surface area contributed by atoms with Crippen molar-refractivity contribution in [3.63, 3.8) is 0 Å². The maximum atomic E-state index is 11.0. The monoisotopic (exact) mass is 510 g/mol. The molecule has 0 spiro atoms. The molecule has 1 aromatic heterocycles. The second-order valence-electron chi connectivity index (χ2n) is 7.27. The van der Waals surface area contributed by atoms with Gasteiger partial charge in [-0.3, -0.25) is 9.59 Å². The molecule has 1 aromatic carbocycles. The van der Waals surface area contributed by atoms with Crippen LogP contribution in [0.5, 0.6) is 0 Å². The number of benzene rings is 1. The summed E-state index contributed by atoms with van der Waals surface area (Å²) >= 11 is 0.